The largest absolute Gasteiger partial charge is 0.496 e. The zero-order chi connectivity index (χ0) is 18.5. The average Bonchev–Trinajstić information content (AvgIpc) is 2.67. The van der Waals surface area contributed by atoms with Crippen molar-refractivity contribution in [2.75, 3.05) is 33.8 Å². The van der Waals surface area contributed by atoms with E-state index in [0.29, 0.717) is 0 Å². The van der Waals surface area contributed by atoms with E-state index in [4.69, 9.17) is 4.74 Å². The molecule has 0 aliphatic carbocycles. The summed E-state index contributed by atoms with van der Waals surface area (Å²) in [5.74, 6) is 0.768. The van der Waals surface area contributed by atoms with E-state index in [0.717, 1.165) is 35.4 Å². The number of benzene rings is 2. The fourth-order valence-corrected chi connectivity index (χ4v) is 3.61. The molecule has 26 heavy (non-hydrogen) atoms. The summed E-state index contributed by atoms with van der Waals surface area (Å²) in [5, 5.41) is 0. The van der Waals surface area contributed by atoms with Crippen LogP contribution in [0.5, 0.6) is 5.75 Å². The Labute approximate surface area is 163 Å². The van der Waals surface area contributed by atoms with Crippen LogP contribution in [0.3, 0.4) is 0 Å². The molecule has 1 aliphatic heterocycles. The second-order valence-electron chi connectivity index (χ2n) is 6.44. The van der Waals surface area contributed by atoms with Gasteiger partial charge in [-0.2, -0.15) is 0 Å². The third-order valence-corrected chi connectivity index (χ3v) is 5.14. The van der Waals surface area contributed by atoms with Gasteiger partial charge in [0.05, 0.1) is 13.2 Å². The molecule has 3 rings (SSSR count). The van der Waals surface area contributed by atoms with E-state index < -0.39 is 0 Å². The van der Waals surface area contributed by atoms with Crippen LogP contribution in [0.15, 0.2) is 59.1 Å². The van der Waals surface area contributed by atoms with Crippen LogP contribution in [0.25, 0.3) is 6.08 Å². The summed E-state index contributed by atoms with van der Waals surface area (Å²) < 4.78 is 6.33. The summed E-state index contributed by atoms with van der Waals surface area (Å²) >= 11 is 3.47. The summed E-state index contributed by atoms with van der Waals surface area (Å²) in [6.45, 7) is 2.43. The molecule has 1 saturated heterocycles. The highest BCUT2D eigenvalue weighted by atomic mass is 79.9. The zero-order valence-electron chi connectivity index (χ0n) is 15.1. The number of carbonyl (C=O) groups is 1. The highest BCUT2D eigenvalue weighted by molar-refractivity contribution is 9.10. The number of halogens is 1. The summed E-state index contributed by atoms with van der Waals surface area (Å²) in [6, 6.07) is 16.0. The number of carbonyl (C=O) groups excluding carboxylic acids is 1. The van der Waals surface area contributed by atoms with Gasteiger partial charge >= 0.3 is 0 Å². The normalized spacial score (nSPS) is 18.3. The first-order valence-corrected chi connectivity index (χ1v) is 9.43. The predicted octanol–water partition coefficient (Wildman–Crippen LogP) is 3.99. The highest BCUT2D eigenvalue weighted by Gasteiger charge is 2.28. The number of hydrogen-bond acceptors (Lipinski definition) is 3. The Balaban J connectivity index is 1.82. The number of piperazine rings is 1. The van der Waals surface area contributed by atoms with E-state index in [-0.39, 0.29) is 11.9 Å². The zero-order valence-corrected chi connectivity index (χ0v) is 16.6. The molecule has 0 N–H and O–H groups in total. The topological polar surface area (TPSA) is 32.8 Å². The van der Waals surface area contributed by atoms with E-state index in [1.165, 1.54) is 5.56 Å². The van der Waals surface area contributed by atoms with Gasteiger partial charge < -0.3 is 14.5 Å². The van der Waals surface area contributed by atoms with Crippen LogP contribution in [0.2, 0.25) is 0 Å². The molecule has 0 radical (unpaired) electrons. The SMILES string of the molecule is COc1ccc(Br)cc1C=CC(=O)N1CCN(C)CC1c1ccccc1. The Kier molecular flexibility index (Phi) is 6.12. The van der Waals surface area contributed by atoms with Gasteiger partial charge in [0.2, 0.25) is 5.91 Å². The first-order valence-electron chi connectivity index (χ1n) is 8.64. The van der Waals surface area contributed by atoms with Crippen molar-refractivity contribution >= 4 is 27.9 Å². The van der Waals surface area contributed by atoms with Crippen LogP contribution in [-0.2, 0) is 4.79 Å². The molecule has 1 unspecified atom stereocenters. The van der Waals surface area contributed by atoms with Crippen LogP contribution in [0.1, 0.15) is 17.2 Å². The van der Waals surface area contributed by atoms with Gasteiger partial charge in [0.25, 0.3) is 0 Å². The third kappa shape index (κ3) is 4.34. The first-order chi connectivity index (χ1) is 12.6. The maximum atomic E-state index is 12.9. The number of likely N-dealkylation sites (N-methyl/N-ethyl adjacent to an activating group) is 1. The van der Waals surface area contributed by atoms with Gasteiger partial charge in [-0.3, -0.25) is 4.79 Å². The maximum absolute atomic E-state index is 12.9. The van der Waals surface area contributed by atoms with Gasteiger partial charge in [0, 0.05) is 35.7 Å². The molecule has 0 aromatic heterocycles. The number of nitrogens with zero attached hydrogens (tertiary/aromatic N) is 2. The molecule has 4 nitrogen and oxygen atoms in total. The second kappa shape index (κ2) is 8.52. The lowest BCUT2D eigenvalue weighted by atomic mass is 10.0. The molecule has 136 valence electrons. The van der Waals surface area contributed by atoms with Crippen LogP contribution in [0, 0.1) is 0 Å². The van der Waals surface area contributed by atoms with Crippen molar-refractivity contribution in [2.45, 2.75) is 6.04 Å². The monoisotopic (exact) mass is 414 g/mol. The Bertz CT molecular complexity index is 792. The van der Waals surface area contributed by atoms with Crippen molar-refractivity contribution in [3.05, 3.63) is 70.2 Å². The van der Waals surface area contributed by atoms with E-state index in [2.05, 4.69) is 40.0 Å². The minimum atomic E-state index is 0.0222. The molecule has 2 aromatic carbocycles. The fraction of sp³-hybridized carbons (Fsp3) is 0.286. The average molecular weight is 415 g/mol. The Hall–Kier alpha value is -2.11. The molecule has 0 bridgehead atoms. The van der Waals surface area contributed by atoms with Crippen LogP contribution >= 0.6 is 15.9 Å². The van der Waals surface area contributed by atoms with Crippen molar-refractivity contribution in [2.24, 2.45) is 0 Å². The minimum absolute atomic E-state index is 0.0222. The molecule has 2 aromatic rings. The summed E-state index contributed by atoms with van der Waals surface area (Å²) in [4.78, 5) is 17.1. The number of amides is 1. The lowest BCUT2D eigenvalue weighted by Gasteiger charge is -2.40. The Morgan fingerprint density at radius 2 is 1.96 bits per heavy atom. The quantitative estimate of drug-likeness (QED) is 0.709. The van der Waals surface area contributed by atoms with Crippen molar-refractivity contribution in [3.63, 3.8) is 0 Å². The van der Waals surface area contributed by atoms with Crippen molar-refractivity contribution in [3.8, 4) is 5.75 Å². The summed E-state index contributed by atoms with van der Waals surface area (Å²) in [5.41, 5.74) is 2.04. The summed E-state index contributed by atoms with van der Waals surface area (Å²) in [7, 11) is 3.73. The van der Waals surface area contributed by atoms with E-state index >= 15 is 0 Å². The lowest BCUT2D eigenvalue weighted by Crippen LogP contribution is -2.48. The van der Waals surface area contributed by atoms with Gasteiger partial charge in [-0.1, -0.05) is 46.3 Å². The van der Waals surface area contributed by atoms with E-state index in [9.17, 15) is 4.79 Å². The van der Waals surface area contributed by atoms with E-state index in [1.807, 2.05) is 47.4 Å². The molecular formula is C21H23BrN2O2. The van der Waals surface area contributed by atoms with E-state index in [1.54, 1.807) is 13.2 Å². The molecule has 1 amide bonds. The van der Waals surface area contributed by atoms with Crippen molar-refractivity contribution in [1.82, 2.24) is 9.80 Å². The van der Waals surface area contributed by atoms with Gasteiger partial charge in [0.1, 0.15) is 5.75 Å². The van der Waals surface area contributed by atoms with Gasteiger partial charge in [-0.05, 0) is 36.9 Å². The molecular weight excluding hydrogens is 392 g/mol. The molecule has 1 heterocycles. The molecule has 5 heteroatoms. The molecule has 0 saturated carbocycles. The molecule has 1 atom stereocenters. The second-order valence-corrected chi connectivity index (χ2v) is 7.36. The molecule has 1 aliphatic rings. The van der Waals surface area contributed by atoms with Crippen molar-refractivity contribution in [1.29, 1.82) is 0 Å². The number of ether oxygens (including phenoxy) is 1. The third-order valence-electron chi connectivity index (χ3n) is 4.65. The van der Waals surface area contributed by atoms with Gasteiger partial charge in [-0.25, -0.2) is 0 Å². The molecule has 0 spiro atoms. The molecule has 1 fully saturated rings. The number of hydrogen-bond donors (Lipinski definition) is 0. The number of methoxy groups -OCH3 is 1. The van der Waals surface area contributed by atoms with Gasteiger partial charge in [0.15, 0.2) is 0 Å². The van der Waals surface area contributed by atoms with Crippen molar-refractivity contribution < 1.29 is 9.53 Å². The standard InChI is InChI=1S/C21H23BrN2O2/c1-23-12-13-24(19(15-23)16-6-4-3-5-7-16)21(25)11-8-17-14-18(22)9-10-20(17)26-2/h3-11,14,19H,12-13,15H2,1-2H3. The number of rotatable bonds is 4. The smallest absolute Gasteiger partial charge is 0.247 e. The van der Waals surface area contributed by atoms with Crippen LogP contribution < -0.4 is 4.74 Å². The first kappa shape index (κ1) is 18.7. The highest BCUT2D eigenvalue weighted by Crippen LogP contribution is 2.27. The Morgan fingerprint density at radius 1 is 1.19 bits per heavy atom. The predicted molar refractivity (Wildman–Crippen MR) is 108 cm³/mol. The lowest BCUT2D eigenvalue weighted by molar-refractivity contribution is -0.130. The Morgan fingerprint density at radius 3 is 2.69 bits per heavy atom. The minimum Gasteiger partial charge on any atom is -0.496 e. The summed E-state index contributed by atoms with van der Waals surface area (Å²) in [6.07, 6.45) is 3.47. The van der Waals surface area contributed by atoms with Gasteiger partial charge in [-0.15, -0.1) is 0 Å². The van der Waals surface area contributed by atoms with Crippen LogP contribution in [-0.4, -0.2) is 49.5 Å². The van der Waals surface area contributed by atoms with Crippen LogP contribution in [0.4, 0.5) is 0 Å². The maximum Gasteiger partial charge on any atom is 0.247 e. The fourth-order valence-electron chi connectivity index (χ4n) is 3.24.